The highest BCUT2D eigenvalue weighted by Gasteiger charge is 2.62. The van der Waals surface area contributed by atoms with Gasteiger partial charge in [0.25, 0.3) is 0 Å². The van der Waals surface area contributed by atoms with Crippen LogP contribution in [0.25, 0.3) is 0 Å². The first-order valence-electron chi connectivity index (χ1n) is 8.00. The van der Waals surface area contributed by atoms with E-state index in [4.69, 9.17) is 0 Å². The van der Waals surface area contributed by atoms with Gasteiger partial charge in [0.2, 0.25) is 0 Å². The normalized spacial score (nSPS) is 27.0. The van der Waals surface area contributed by atoms with Crippen LogP contribution in [-0.2, 0) is 11.8 Å². The molecule has 1 saturated heterocycles. The lowest BCUT2D eigenvalue weighted by Gasteiger charge is -2.53. The molecule has 1 aromatic carbocycles. The predicted octanol–water partition coefficient (Wildman–Crippen LogP) is 3.03. The molecular formula is C18H25NO3. The number of fused-ring (bicyclic) bond motifs is 2. The summed E-state index contributed by atoms with van der Waals surface area (Å²) in [7, 11) is 0. The fourth-order valence-corrected chi connectivity index (χ4v) is 4.55. The van der Waals surface area contributed by atoms with Gasteiger partial charge in [0.15, 0.2) is 0 Å². The van der Waals surface area contributed by atoms with Crippen LogP contribution in [0.15, 0.2) is 24.3 Å². The standard InChI is InChI=1S/C18H25NO3/c1-16(2,3)18(22)12-13-6-4-5-7-14(13)17(18)8-10-19(11-9-17)15(20)21/h4-7,22H,8-12H2,1-3H3,(H,20,21)/t18-/m1/s1. The maximum Gasteiger partial charge on any atom is 0.407 e. The molecule has 1 spiro atoms. The Balaban J connectivity index is 2.07. The summed E-state index contributed by atoms with van der Waals surface area (Å²) in [4.78, 5) is 12.7. The van der Waals surface area contributed by atoms with Crippen molar-refractivity contribution in [3.8, 4) is 0 Å². The molecule has 0 bridgehead atoms. The predicted molar refractivity (Wildman–Crippen MR) is 85.1 cm³/mol. The van der Waals surface area contributed by atoms with Gasteiger partial charge in [-0.15, -0.1) is 0 Å². The van der Waals surface area contributed by atoms with E-state index < -0.39 is 11.7 Å². The van der Waals surface area contributed by atoms with Crippen LogP contribution in [-0.4, -0.2) is 39.9 Å². The maximum absolute atomic E-state index is 11.7. The number of carbonyl (C=O) groups is 1. The Morgan fingerprint density at radius 3 is 2.32 bits per heavy atom. The molecule has 1 heterocycles. The number of rotatable bonds is 0. The molecule has 1 amide bonds. The van der Waals surface area contributed by atoms with Crippen molar-refractivity contribution in [1.29, 1.82) is 0 Å². The largest absolute Gasteiger partial charge is 0.465 e. The van der Waals surface area contributed by atoms with Crippen LogP contribution < -0.4 is 0 Å². The van der Waals surface area contributed by atoms with E-state index in [-0.39, 0.29) is 10.8 Å². The third-order valence-corrected chi connectivity index (χ3v) is 5.90. The van der Waals surface area contributed by atoms with Crippen molar-refractivity contribution in [1.82, 2.24) is 4.90 Å². The molecule has 0 radical (unpaired) electrons. The Bertz CT molecular complexity index is 597. The topological polar surface area (TPSA) is 60.8 Å². The van der Waals surface area contributed by atoms with E-state index in [0.717, 1.165) is 0 Å². The second-order valence-electron chi connectivity index (χ2n) is 7.80. The zero-order valence-corrected chi connectivity index (χ0v) is 13.6. The van der Waals surface area contributed by atoms with E-state index in [2.05, 4.69) is 32.9 Å². The van der Waals surface area contributed by atoms with E-state index in [1.54, 1.807) is 0 Å². The molecule has 22 heavy (non-hydrogen) atoms. The highest BCUT2D eigenvalue weighted by molar-refractivity contribution is 5.65. The summed E-state index contributed by atoms with van der Waals surface area (Å²) in [5.74, 6) is 0. The number of carboxylic acid groups (broad SMARTS) is 1. The summed E-state index contributed by atoms with van der Waals surface area (Å²) in [5, 5.41) is 20.9. The number of hydrogen-bond donors (Lipinski definition) is 2. The van der Waals surface area contributed by atoms with Crippen LogP contribution in [0.1, 0.15) is 44.7 Å². The second-order valence-corrected chi connectivity index (χ2v) is 7.80. The van der Waals surface area contributed by atoms with Crippen LogP contribution in [0.2, 0.25) is 0 Å². The first kappa shape index (κ1) is 15.3. The first-order chi connectivity index (χ1) is 10.2. The van der Waals surface area contributed by atoms with Gasteiger partial charge in [0, 0.05) is 24.9 Å². The average molecular weight is 303 g/mol. The number of piperidine rings is 1. The molecule has 1 aliphatic heterocycles. The molecule has 4 heteroatoms. The van der Waals surface area contributed by atoms with Crippen molar-refractivity contribution < 1.29 is 15.0 Å². The smallest absolute Gasteiger partial charge is 0.407 e. The summed E-state index contributed by atoms with van der Waals surface area (Å²) < 4.78 is 0. The lowest BCUT2D eigenvalue weighted by molar-refractivity contribution is -0.125. The first-order valence-corrected chi connectivity index (χ1v) is 8.00. The van der Waals surface area contributed by atoms with Crippen molar-refractivity contribution in [3.63, 3.8) is 0 Å². The van der Waals surface area contributed by atoms with Crippen LogP contribution in [0.5, 0.6) is 0 Å². The lowest BCUT2D eigenvalue weighted by atomic mass is 9.57. The zero-order chi connectivity index (χ0) is 16.2. The van der Waals surface area contributed by atoms with Gasteiger partial charge in [-0.25, -0.2) is 4.79 Å². The van der Waals surface area contributed by atoms with Gasteiger partial charge in [-0.2, -0.15) is 0 Å². The number of benzene rings is 1. The Kier molecular flexibility index (Phi) is 3.29. The number of nitrogens with zero attached hydrogens (tertiary/aromatic N) is 1. The van der Waals surface area contributed by atoms with E-state index in [1.165, 1.54) is 16.0 Å². The fraction of sp³-hybridized carbons (Fsp3) is 0.611. The third-order valence-electron chi connectivity index (χ3n) is 5.90. The molecule has 120 valence electrons. The Hall–Kier alpha value is -1.55. The van der Waals surface area contributed by atoms with Crippen molar-refractivity contribution in [2.45, 2.75) is 51.0 Å². The summed E-state index contributed by atoms with van der Waals surface area (Å²) >= 11 is 0. The van der Waals surface area contributed by atoms with Crippen molar-refractivity contribution in [3.05, 3.63) is 35.4 Å². The van der Waals surface area contributed by atoms with E-state index in [1.807, 2.05) is 12.1 Å². The maximum atomic E-state index is 11.7. The number of likely N-dealkylation sites (tertiary alicyclic amines) is 1. The van der Waals surface area contributed by atoms with Gasteiger partial charge in [-0.05, 0) is 29.4 Å². The van der Waals surface area contributed by atoms with Gasteiger partial charge in [-0.1, -0.05) is 45.0 Å². The SMILES string of the molecule is CC(C)(C)[C@]1(O)Cc2ccccc2C12CCN(C(=O)O)CC2. The number of amides is 1. The van der Waals surface area contributed by atoms with Crippen molar-refractivity contribution in [2.75, 3.05) is 13.1 Å². The molecular weight excluding hydrogens is 278 g/mol. The quantitative estimate of drug-likeness (QED) is 0.774. The summed E-state index contributed by atoms with van der Waals surface area (Å²) in [6, 6.07) is 8.27. The van der Waals surface area contributed by atoms with Gasteiger partial charge in [0.05, 0.1) is 5.60 Å². The zero-order valence-electron chi connectivity index (χ0n) is 13.6. The minimum absolute atomic E-state index is 0.266. The Labute approximate surface area is 131 Å². The van der Waals surface area contributed by atoms with Crippen LogP contribution in [0.3, 0.4) is 0 Å². The molecule has 1 fully saturated rings. The molecule has 1 aliphatic carbocycles. The highest BCUT2D eigenvalue weighted by Crippen LogP contribution is 2.58. The minimum atomic E-state index is -0.861. The highest BCUT2D eigenvalue weighted by atomic mass is 16.4. The van der Waals surface area contributed by atoms with Gasteiger partial charge in [-0.3, -0.25) is 0 Å². The molecule has 0 unspecified atom stereocenters. The van der Waals surface area contributed by atoms with Crippen molar-refractivity contribution in [2.24, 2.45) is 5.41 Å². The molecule has 0 saturated carbocycles. The third kappa shape index (κ3) is 1.89. The molecule has 2 N–H and O–H groups in total. The number of aliphatic hydroxyl groups is 1. The van der Waals surface area contributed by atoms with E-state index >= 15 is 0 Å². The van der Waals surface area contributed by atoms with E-state index in [0.29, 0.717) is 32.4 Å². The fourth-order valence-electron chi connectivity index (χ4n) is 4.55. The lowest BCUT2D eigenvalue weighted by Crippen LogP contribution is -2.61. The molecule has 1 atom stereocenters. The van der Waals surface area contributed by atoms with Crippen molar-refractivity contribution >= 4 is 6.09 Å². The molecule has 1 aromatic rings. The molecule has 3 rings (SSSR count). The molecule has 0 aromatic heterocycles. The summed E-state index contributed by atoms with van der Waals surface area (Å²) in [6.45, 7) is 7.24. The van der Waals surface area contributed by atoms with E-state index in [9.17, 15) is 15.0 Å². The Morgan fingerprint density at radius 2 is 1.77 bits per heavy atom. The Morgan fingerprint density at radius 1 is 1.18 bits per heavy atom. The average Bonchev–Trinajstić information content (AvgIpc) is 2.70. The van der Waals surface area contributed by atoms with Gasteiger partial charge >= 0.3 is 6.09 Å². The molecule has 2 aliphatic rings. The second kappa shape index (κ2) is 4.72. The van der Waals surface area contributed by atoms with Gasteiger partial charge < -0.3 is 15.1 Å². The molecule has 4 nitrogen and oxygen atoms in total. The van der Waals surface area contributed by atoms with Crippen LogP contribution in [0, 0.1) is 5.41 Å². The van der Waals surface area contributed by atoms with Crippen LogP contribution >= 0.6 is 0 Å². The monoisotopic (exact) mass is 303 g/mol. The number of hydrogen-bond acceptors (Lipinski definition) is 2. The van der Waals surface area contributed by atoms with Gasteiger partial charge in [0.1, 0.15) is 0 Å². The summed E-state index contributed by atoms with van der Waals surface area (Å²) in [5.41, 5.74) is 0.987. The van der Waals surface area contributed by atoms with Crippen LogP contribution in [0.4, 0.5) is 4.79 Å². The summed E-state index contributed by atoms with van der Waals surface area (Å²) in [6.07, 6.45) is 1.16. The minimum Gasteiger partial charge on any atom is -0.465 e.